The molecule has 1 saturated heterocycles. The number of carbonyl (C=O) groups excluding carboxylic acids is 1. The van der Waals surface area contributed by atoms with Crippen molar-refractivity contribution < 1.29 is 14.7 Å². The maximum absolute atomic E-state index is 11.9. The van der Waals surface area contributed by atoms with Gasteiger partial charge in [-0.2, -0.15) is 0 Å². The molecule has 1 aromatic rings. The number of rotatable bonds is 4. The van der Waals surface area contributed by atoms with Crippen molar-refractivity contribution >= 4 is 23.5 Å². The minimum atomic E-state index is -0.977. The van der Waals surface area contributed by atoms with Crippen LogP contribution in [0.25, 0.3) is 0 Å². The van der Waals surface area contributed by atoms with Gasteiger partial charge in [-0.3, -0.25) is 14.5 Å². The molecule has 2 rings (SSSR count). The van der Waals surface area contributed by atoms with Gasteiger partial charge in [0.15, 0.2) is 0 Å². The Morgan fingerprint density at radius 3 is 3.00 bits per heavy atom. The topological polar surface area (TPSA) is 69.6 Å². The quantitative estimate of drug-likeness (QED) is 0.887. The molecule has 2 unspecified atom stereocenters. The Balaban J connectivity index is 2.23. The molecule has 2 N–H and O–H groups in total. The molecule has 0 bridgehead atoms. The van der Waals surface area contributed by atoms with Crippen molar-refractivity contribution in [2.24, 2.45) is 0 Å². The maximum atomic E-state index is 11.9. The number of benzene rings is 1. The van der Waals surface area contributed by atoms with Crippen LogP contribution in [0.15, 0.2) is 24.3 Å². The molecular formula is C14H17ClN2O3. The molecule has 0 aromatic heterocycles. The van der Waals surface area contributed by atoms with Gasteiger partial charge in [0.2, 0.25) is 5.91 Å². The van der Waals surface area contributed by atoms with Crippen LogP contribution >= 0.6 is 11.6 Å². The lowest BCUT2D eigenvalue weighted by Gasteiger charge is -2.38. The molecule has 2 atom stereocenters. The lowest BCUT2D eigenvalue weighted by atomic mass is 10.0. The third-order valence-corrected chi connectivity index (χ3v) is 3.80. The fourth-order valence-corrected chi connectivity index (χ4v) is 2.73. The van der Waals surface area contributed by atoms with Crippen LogP contribution in [0.1, 0.15) is 24.9 Å². The highest BCUT2D eigenvalue weighted by Crippen LogP contribution is 2.26. The van der Waals surface area contributed by atoms with Crippen molar-refractivity contribution in [1.82, 2.24) is 10.2 Å². The lowest BCUT2D eigenvalue weighted by Crippen LogP contribution is -2.56. The Kier molecular flexibility index (Phi) is 4.62. The molecule has 0 saturated carbocycles. The van der Waals surface area contributed by atoms with E-state index in [1.54, 1.807) is 6.07 Å². The normalized spacial score (nSPS) is 21.3. The Hall–Kier alpha value is -1.59. The smallest absolute Gasteiger partial charge is 0.305 e. The van der Waals surface area contributed by atoms with E-state index < -0.39 is 12.0 Å². The van der Waals surface area contributed by atoms with Crippen molar-refractivity contribution in [1.29, 1.82) is 0 Å². The SMILES string of the molecule is CC(c1cccc(Cl)c1)N1CCNC(=O)C1CC(=O)O. The first-order chi connectivity index (χ1) is 9.49. The van der Waals surface area contributed by atoms with Gasteiger partial charge < -0.3 is 10.4 Å². The number of piperazine rings is 1. The first-order valence-corrected chi connectivity index (χ1v) is 6.87. The molecule has 5 nitrogen and oxygen atoms in total. The lowest BCUT2D eigenvalue weighted by molar-refractivity contribution is -0.143. The van der Waals surface area contributed by atoms with Gasteiger partial charge in [0.25, 0.3) is 0 Å². The van der Waals surface area contributed by atoms with Crippen molar-refractivity contribution in [3.8, 4) is 0 Å². The van der Waals surface area contributed by atoms with Crippen LogP contribution in [-0.4, -0.2) is 41.0 Å². The predicted molar refractivity (Wildman–Crippen MR) is 75.6 cm³/mol. The summed E-state index contributed by atoms with van der Waals surface area (Å²) in [5.74, 6) is -1.21. The van der Waals surface area contributed by atoms with E-state index in [1.807, 2.05) is 30.0 Å². The largest absolute Gasteiger partial charge is 0.481 e. The number of hydrogen-bond acceptors (Lipinski definition) is 3. The van der Waals surface area contributed by atoms with Crippen LogP contribution in [0.5, 0.6) is 0 Å². The van der Waals surface area contributed by atoms with Crippen LogP contribution in [-0.2, 0) is 9.59 Å². The van der Waals surface area contributed by atoms with Crippen molar-refractivity contribution in [2.75, 3.05) is 13.1 Å². The highest BCUT2D eigenvalue weighted by molar-refractivity contribution is 6.30. The summed E-state index contributed by atoms with van der Waals surface area (Å²) in [6, 6.07) is 6.70. The molecule has 1 heterocycles. The van der Waals surface area contributed by atoms with Crippen LogP contribution in [0.2, 0.25) is 5.02 Å². The average Bonchev–Trinajstić information content (AvgIpc) is 2.40. The number of halogens is 1. The van der Waals surface area contributed by atoms with E-state index in [9.17, 15) is 9.59 Å². The number of carbonyl (C=O) groups is 2. The first-order valence-electron chi connectivity index (χ1n) is 6.49. The van der Waals surface area contributed by atoms with E-state index in [0.29, 0.717) is 18.1 Å². The highest BCUT2D eigenvalue weighted by atomic mass is 35.5. The molecule has 1 aliphatic heterocycles. The van der Waals surface area contributed by atoms with E-state index in [4.69, 9.17) is 16.7 Å². The Bertz CT molecular complexity index is 521. The third-order valence-electron chi connectivity index (χ3n) is 3.57. The van der Waals surface area contributed by atoms with Gasteiger partial charge in [0, 0.05) is 24.2 Å². The summed E-state index contributed by atoms with van der Waals surface area (Å²) in [5, 5.41) is 12.3. The fourth-order valence-electron chi connectivity index (χ4n) is 2.53. The molecule has 1 aliphatic rings. The fraction of sp³-hybridized carbons (Fsp3) is 0.429. The maximum Gasteiger partial charge on any atom is 0.305 e. The molecule has 0 aliphatic carbocycles. The molecule has 20 heavy (non-hydrogen) atoms. The number of carboxylic acids is 1. The Morgan fingerprint density at radius 2 is 2.35 bits per heavy atom. The zero-order chi connectivity index (χ0) is 14.7. The summed E-state index contributed by atoms with van der Waals surface area (Å²) in [6.45, 7) is 3.11. The summed E-state index contributed by atoms with van der Waals surface area (Å²) in [6.07, 6.45) is -0.198. The summed E-state index contributed by atoms with van der Waals surface area (Å²) in [7, 11) is 0. The number of hydrogen-bond donors (Lipinski definition) is 2. The average molecular weight is 297 g/mol. The minimum absolute atomic E-state index is 0.0656. The Morgan fingerprint density at radius 1 is 1.60 bits per heavy atom. The summed E-state index contributed by atoms with van der Waals surface area (Å²) in [4.78, 5) is 24.8. The second-order valence-electron chi connectivity index (χ2n) is 4.87. The molecule has 1 aromatic carbocycles. The second kappa shape index (κ2) is 6.24. The number of nitrogens with zero attached hydrogens (tertiary/aromatic N) is 1. The molecule has 108 valence electrons. The van der Waals surface area contributed by atoms with E-state index in [-0.39, 0.29) is 18.4 Å². The van der Waals surface area contributed by atoms with Gasteiger partial charge in [-0.1, -0.05) is 23.7 Å². The van der Waals surface area contributed by atoms with E-state index in [1.165, 1.54) is 0 Å². The van der Waals surface area contributed by atoms with Crippen LogP contribution in [0.3, 0.4) is 0 Å². The highest BCUT2D eigenvalue weighted by Gasteiger charge is 2.34. The van der Waals surface area contributed by atoms with Gasteiger partial charge in [-0.05, 0) is 24.6 Å². The number of amides is 1. The van der Waals surface area contributed by atoms with Crippen molar-refractivity contribution in [2.45, 2.75) is 25.4 Å². The van der Waals surface area contributed by atoms with Crippen molar-refractivity contribution in [3.63, 3.8) is 0 Å². The molecule has 0 radical (unpaired) electrons. The van der Waals surface area contributed by atoms with Crippen LogP contribution in [0, 0.1) is 0 Å². The van der Waals surface area contributed by atoms with Crippen LogP contribution < -0.4 is 5.32 Å². The van der Waals surface area contributed by atoms with Crippen molar-refractivity contribution in [3.05, 3.63) is 34.9 Å². The Labute approximate surface area is 122 Å². The van der Waals surface area contributed by atoms with Gasteiger partial charge in [-0.25, -0.2) is 0 Å². The molecule has 1 amide bonds. The van der Waals surface area contributed by atoms with E-state index in [2.05, 4.69) is 5.32 Å². The molecular weight excluding hydrogens is 280 g/mol. The number of carboxylic acid groups (broad SMARTS) is 1. The zero-order valence-electron chi connectivity index (χ0n) is 11.2. The molecule has 6 heteroatoms. The third kappa shape index (κ3) is 3.29. The molecule has 0 spiro atoms. The van der Waals surface area contributed by atoms with Gasteiger partial charge in [0.05, 0.1) is 6.42 Å². The summed E-state index contributed by atoms with van der Waals surface area (Å²) >= 11 is 5.99. The summed E-state index contributed by atoms with van der Waals surface area (Å²) in [5.41, 5.74) is 0.975. The van der Waals surface area contributed by atoms with Gasteiger partial charge in [0.1, 0.15) is 6.04 Å². The van der Waals surface area contributed by atoms with E-state index >= 15 is 0 Å². The monoisotopic (exact) mass is 296 g/mol. The summed E-state index contributed by atoms with van der Waals surface area (Å²) < 4.78 is 0. The second-order valence-corrected chi connectivity index (χ2v) is 5.31. The minimum Gasteiger partial charge on any atom is -0.481 e. The molecule has 1 fully saturated rings. The van der Waals surface area contributed by atoms with Crippen LogP contribution in [0.4, 0.5) is 0 Å². The van der Waals surface area contributed by atoms with Gasteiger partial charge >= 0.3 is 5.97 Å². The number of nitrogens with one attached hydrogen (secondary N) is 1. The van der Waals surface area contributed by atoms with Gasteiger partial charge in [-0.15, -0.1) is 0 Å². The zero-order valence-corrected chi connectivity index (χ0v) is 11.9. The number of aliphatic carboxylic acids is 1. The van der Waals surface area contributed by atoms with E-state index in [0.717, 1.165) is 5.56 Å². The predicted octanol–water partition coefficient (Wildman–Crippen LogP) is 1.68. The first kappa shape index (κ1) is 14.8. The standard InChI is InChI=1S/C14H17ClN2O3/c1-9(10-3-2-4-11(15)7-10)17-6-5-16-14(20)12(17)8-13(18)19/h2-4,7,9,12H,5-6,8H2,1H3,(H,16,20)(H,18,19).